The van der Waals surface area contributed by atoms with E-state index in [1.807, 2.05) is 10.9 Å². The first kappa shape index (κ1) is 13.4. The summed E-state index contributed by atoms with van der Waals surface area (Å²) in [6, 6.07) is 0.578. The van der Waals surface area contributed by atoms with E-state index in [0.717, 1.165) is 36.7 Å². The molecule has 0 amide bonds. The van der Waals surface area contributed by atoms with Crippen molar-refractivity contribution < 1.29 is 0 Å². The quantitative estimate of drug-likeness (QED) is 0.898. The zero-order valence-corrected chi connectivity index (χ0v) is 12.5. The maximum atomic E-state index is 4.57. The lowest BCUT2D eigenvalue weighted by Gasteiger charge is -2.06. The number of hydrogen-bond acceptors (Lipinski definition) is 3. The number of aromatic nitrogens is 4. The van der Waals surface area contributed by atoms with Gasteiger partial charge in [-0.25, -0.2) is 4.98 Å². The average Bonchev–Trinajstić information content (AvgIpc) is 3.13. The summed E-state index contributed by atoms with van der Waals surface area (Å²) >= 11 is 0. The molecule has 0 radical (unpaired) electrons. The van der Waals surface area contributed by atoms with Crippen LogP contribution in [0.25, 0.3) is 11.3 Å². The minimum absolute atomic E-state index is 0.578. The SMILES string of the molecule is CCn1nc(C)c(-c2cnc(CC3CCCN3)[nH]2)c1C. The molecule has 2 aromatic rings. The largest absolute Gasteiger partial charge is 0.342 e. The standard InChI is InChI=1S/C15H23N5/c1-4-20-11(3)15(10(2)19-20)13-9-17-14(18-13)8-12-6-5-7-16-12/h9,12,16H,4-8H2,1-3H3,(H,17,18). The molecule has 3 heterocycles. The van der Waals surface area contributed by atoms with Gasteiger partial charge in [0.2, 0.25) is 0 Å². The van der Waals surface area contributed by atoms with Crippen molar-refractivity contribution >= 4 is 0 Å². The van der Waals surface area contributed by atoms with E-state index in [-0.39, 0.29) is 0 Å². The minimum Gasteiger partial charge on any atom is -0.342 e. The van der Waals surface area contributed by atoms with Gasteiger partial charge in [0.15, 0.2) is 0 Å². The Labute approximate surface area is 119 Å². The van der Waals surface area contributed by atoms with Gasteiger partial charge in [0.1, 0.15) is 5.82 Å². The Kier molecular flexibility index (Phi) is 3.61. The summed E-state index contributed by atoms with van der Waals surface area (Å²) in [5.41, 5.74) is 4.57. The second-order valence-corrected chi connectivity index (χ2v) is 5.60. The number of rotatable bonds is 4. The molecule has 1 aliphatic rings. The van der Waals surface area contributed by atoms with Crippen LogP contribution in [0.5, 0.6) is 0 Å². The molecule has 0 bridgehead atoms. The second kappa shape index (κ2) is 5.40. The minimum atomic E-state index is 0.578. The number of imidazole rings is 1. The first-order valence-electron chi connectivity index (χ1n) is 7.50. The zero-order valence-electron chi connectivity index (χ0n) is 12.5. The monoisotopic (exact) mass is 273 g/mol. The molecule has 2 N–H and O–H groups in total. The van der Waals surface area contributed by atoms with Crippen LogP contribution in [0.1, 0.15) is 37.0 Å². The number of aryl methyl sites for hydroxylation is 2. The Morgan fingerprint density at radius 2 is 2.25 bits per heavy atom. The third-order valence-electron chi connectivity index (χ3n) is 4.18. The van der Waals surface area contributed by atoms with Crippen molar-refractivity contribution in [3.05, 3.63) is 23.4 Å². The van der Waals surface area contributed by atoms with Crippen LogP contribution < -0.4 is 5.32 Å². The lowest BCUT2D eigenvalue weighted by molar-refractivity contribution is 0.589. The van der Waals surface area contributed by atoms with E-state index in [0.29, 0.717) is 6.04 Å². The summed E-state index contributed by atoms with van der Waals surface area (Å²) in [5.74, 6) is 1.07. The maximum absolute atomic E-state index is 4.57. The highest BCUT2D eigenvalue weighted by molar-refractivity contribution is 5.64. The molecule has 0 saturated carbocycles. The van der Waals surface area contributed by atoms with Crippen LogP contribution in [-0.4, -0.2) is 32.3 Å². The molecule has 1 atom stereocenters. The van der Waals surface area contributed by atoms with Gasteiger partial charge in [-0.05, 0) is 40.2 Å². The Bertz CT molecular complexity index is 589. The van der Waals surface area contributed by atoms with Gasteiger partial charge in [0.25, 0.3) is 0 Å². The van der Waals surface area contributed by atoms with Gasteiger partial charge in [-0.2, -0.15) is 5.10 Å². The van der Waals surface area contributed by atoms with Gasteiger partial charge < -0.3 is 10.3 Å². The highest BCUT2D eigenvalue weighted by atomic mass is 15.3. The molecule has 0 spiro atoms. The van der Waals surface area contributed by atoms with E-state index in [1.54, 1.807) is 0 Å². The summed E-state index contributed by atoms with van der Waals surface area (Å²) in [4.78, 5) is 8.01. The van der Waals surface area contributed by atoms with Crippen molar-refractivity contribution in [1.82, 2.24) is 25.1 Å². The van der Waals surface area contributed by atoms with Gasteiger partial charge >= 0.3 is 0 Å². The summed E-state index contributed by atoms with van der Waals surface area (Å²) in [7, 11) is 0. The molecule has 0 aliphatic carbocycles. The predicted octanol–water partition coefficient (Wildman–Crippen LogP) is 2.20. The van der Waals surface area contributed by atoms with Crippen LogP contribution >= 0.6 is 0 Å². The van der Waals surface area contributed by atoms with Crippen LogP contribution in [0.4, 0.5) is 0 Å². The smallest absolute Gasteiger partial charge is 0.108 e. The molecule has 3 rings (SSSR count). The fourth-order valence-corrected chi connectivity index (χ4v) is 3.15. The molecule has 0 aromatic carbocycles. The Morgan fingerprint density at radius 3 is 2.90 bits per heavy atom. The van der Waals surface area contributed by atoms with Crippen molar-refractivity contribution in [1.29, 1.82) is 0 Å². The Balaban J connectivity index is 1.84. The molecule has 1 saturated heterocycles. The van der Waals surface area contributed by atoms with Gasteiger partial charge in [-0.15, -0.1) is 0 Å². The predicted molar refractivity (Wildman–Crippen MR) is 79.7 cm³/mol. The zero-order chi connectivity index (χ0) is 14.1. The van der Waals surface area contributed by atoms with Crippen LogP contribution in [0.3, 0.4) is 0 Å². The van der Waals surface area contributed by atoms with Crippen molar-refractivity contribution in [2.75, 3.05) is 6.54 Å². The molecular formula is C15H23N5. The van der Waals surface area contributed by atoms with Crippen molar-refractivity contribution in [2.24, 2.45) is 0 Å². The lowest BCUT2D eigenvalue weighted by atomic mass is 10.1. The third kappa shape index (κ3) is 2.38. The molecule has 1 aliphatic heterocycles. The highest BCUT2D eigenvalue weighted by Gasteiger charge is 2.18. The highest BCUT2D eigenvalue weighted by Crippen LogP contribution is 2.25. The summed E-state index contributed by atoms with van der Waals surface area (Å²) in [6.45, 7) is 8.35. The van der Waals surface area contributed by atoms with Crippen LogP contribution in [0, 0.1) is 13.8 Å². The molecule has 5 nitrogen and oxygen atoms in total. The molecule has 108 valence electrons. The first-order chi connectivity index (χ1) is 9.69. The molecule has 1 fully saturated rings. The van der Waals surface area contributed by atoms with Crippen molar-refractivity contribution in [2.45, 2.75) is 52.6 Å². The molecular weight excluding hydrogens is 250 g/mol. The lowest BCUT2D eigenvalue weighted by Crippen LogP contribution is -2.24. The van der Waals surface area contributed by atoms with Gasteiger partial charge in [-0.3, -0.25) is 4.68 Å². The van der Waals surface area contributed by atoms with Crippen LogP contribution in [0.2, 0.25) is 0 Å². The second-order valence-electron chi connectivity index (χ2n) is 5.60. The van der Waals surface area contributed by atoms with Gasteiger partial charge in [-0.1, -0.05) is 0 Å². The fraction of sp³-hybridized carbons (Fsp3) is 0.600. The van der Waals surface area contributed by atoms with E-state index < -0.39 is 0 Å². The number of nitrogens with one attached hydrogen (secondary N) is 2. The fourth-order valence-electron chi connectivity index (χ4n) is 3.15. The first-order valence-corrected chi connectivity index (χ1v) is 7.50. The molecule has 20 heavy (non-hydrogen) atoms. The van der Waals surface area contributed by atoms with E-state index in [2.05, 4.69) is 41.2 Å². The number of H-pyrrole nitrogens is 1. The summed E-state index contributed by atoms with van der Waals surface area (Å²) in [6.07, 6.45) is 5.46. The normalized spacial score (nSPS) is 18.9. The number of hydrogen-bond donors (Lipinski definition) is 2. The van der Waals surface area contributed by atoms with E-state index in [4.69, 9.17) is 0 Å². The van der Waals surface area contributed by atoms with E-state index in [1.165, 1.54) is 24.1 Å². The molecule has 2 aromatic heterocycles. The Morgan fingerprint density at radius 1 is 1.40 bits per heavy atom. The van der Waals surface area contributed by atoms with Crippen molar-refractivity contribution in [3.8, 4) is 11.3 Å². The van der Waals surface area contributed by atoms with Gasteiger partial charge in [0, 0.05) is 30.3 Å². The van der Waals surface area contributed by atoms with Crippen LogP contribution in [0.15, 0.2) is 6.20 Å². The van der Waals surface area contributed by atoms with Crippen LogP contribution in [-0.2, 0) is 13.0 Å². The maximum Gasteiger partial charge on any atom is 0.108 e. The Hall–Kier alpha value is -1.62. The summed E-state index contributed by atoms with van der Waals surface area (Å²) < 4.78 is 2.05. The number of nitrogens with zero attached hydrogens (tertiary/aromatic N) is 3. The van der Waals surface area contributed by atoms with E-state index >= 15 is 0 Å². The van der Waals surface area contributed by atoms with E-state index in [9.17, 15) is 0 Å². The third-order valence-corrected chi connectivity index (χ3v) is 4.18. The molecule has 1 unspecified atom stereocenters. The molecule has 5 heteroatoms. The summed E-state index contributed by atoms with van der Waals surface area (Å²) in [5, 5.41) is 8.09. The number of aromatic amines is 1. The average molecular weight is 273 g/mol. The topological polar surface area (TPSA) is 58.5 Å². The van der Waals surface area contributed by atoms with Crippen molar-refractivity contribution in [3.63, 3.8) is 0 Å². The van der Waals surface area contributed by atoms with Gasteiger partial charge in [0.05, 0.1) is 17.6 Å².